The fraction of sp³-hybridized carbons (Fsp3) is 0.520. The van der Waals surface area contributed by atoms with E-state index < -0.39 is 5.92 Å². The molecule has 1 aliphatic carbocycles. The molecular weight excluding hydrogens is 438 g/mol. The Balaban J connectivity index is 1.65. The molecule has 2 fully saturated rings. The van der Waals surface area contributed by atoms with Crippen LogP contribution in [0, 0.1) is 0 Å². The Bertz CT molecular complexity index is 1120. The highest BCUT2D eigenvalue weighted by atomic mass is 19.3. The molecule has 3 heterocycles. The average molecular weight is 473 g/mol. The summed E-state index contributed by atoms with van der Waals surface area (Å²) in [6, 6.07) is 7.05. The topological polar surface area (TPSA) is 93.4 Å². The van der Waals surface area contributed by atoms with Gasteiger partial charge in [-0.1, -0.05) is 19.4 Å². The SMILES string of the molecule is CCc1nc(/C(N)=C(\Cn2cc(C3CCC3)ccc2=O)N(C)N)ccc1N1CCCC(F)(F)C1. The van der Waals surface area contributed by atoms with Crippen molar-refractivity contribution >= 4 is 11.4 Å². The third kappa shape index (κ3) is 5.09. The van der Waals surface area contributed by atoms with Crippen molar-refractivity contribution in [3.05, 3.63) is 63.5 Å². The number of hydrazine groups is 1. The Morgan fingerprint density at radius 2 is 2.00 bits per heavy atom. The second-order valence-electron chi connectivity index (χ2n) is 9.42. The Kier molecular flexibility index (Phi) is 6.93. The highest BCUT2D eigenvalue weighted by Gasteiger charge is 2.36. The molecule has 9 heteroatoms. The highest BCUT2D eigenvalue weighted by Crippen LogP contribution is 2.36. The normalized spacial score (nSPS) is 18.9. The number of nitrogens with zero attached hydrogens (tertiary/aromatic N) is 4. The lowest BCUT2D eigenvalue weighted by Gasteiger charge is -2.35. The van der Waals surface area contributed by atoms with Crippen LogP contribution in [0.5, 0.6) is 0 Å². The molecule has 1 saturated carbocycles. The molecule has 34 heavy (non-hydrogen) atoms. The summed E-state index contributed by atoms with van der Waals surface area (Å²) in [7, 11) is 1.67. The van der Waals surface area contributed by atoms with Crippen LogP contribution in [0.3, 0.4) is 0 Å². The van der Waals surface area contributed by atoms with Crippen molar-refractivity contribution in [2.24, 2.45) is 11.6 Å². The van der Waals surface area contributed by atoms with Crippen LogP contribution in [0.15, 0.2) is 41.0 Å². The number of piperidine rings is 1. The third-order valence-corrected chi connectivity index (χ3v) is 6.93. The number of aromatic nitrogens is 2. The number of nitrogens with two attached hydrogens (primary N) is 2. The van der Waals surface area contributed by atoms with Crippen molar-refractivity contribution in [2.45, 2.75) is 63.8 Å². The van der Waals surface area contributed by atoms with E-state index in [1.54, 1.807) is 28.6 Å². The summed E-state index contributed by atoms with van der Waals surface area (Å²) in [6.45, 7) is 2.43. The lowest BCUT2D eigenvalue weighted by molar-refractivity contribution is -0.0117. The van der Waals surface area contributed by atoms with E-state index in [1.807, 2.05) is 25.3 Å². The fourth-order valence-corrected chi connectivity index (χ4v) is 4.72. The maximum atomic E-state index is 14.0. The minimum absolute atomic E-state index is 0.0837. The van der Waals surface area contributed by atoms with Gasteiger partial charge in [-0.05, 0) is 49.3 Å². The second-order valence-corrected chi connectivity index (χ2v) is 9.42. The zero-order chi connectivity index (χ0) is 24.5. The summed E-state index contributed by atoms with van der Waals surface area (Å²) >= 11 is 0. The maximum absolute atomic E-state index is 14.0. The van der Waals surface area contributed by atoms with Crippen molar-refractivity contribution in [2.75, 3.05) is 25.0 Å². The summed E-state index contributed by atoms with van der Waals surface area (Å²) in [6.07, 6.45) is 6.32. The largest absolute Gasteiger partial charge is 0.395 e. The quantitative estimate of drug-likeness (QED) is 0.474. The standard InChI is InChI=1S/C25H34F2N6O/c1-3-19-21(32-13-5-12-25(26,27)16-32)10-9-20(30-19)24(28)22(31(2)29)15-33-14-18(8-11-23(33)34)17-6-4-7-17/h8-11,14,17H,3-7,12-13,15-16,28-29H2,1-2H3/b24-22-. The van der Waals surface area contributed by atoms with E-state index in [0.717, 1.165) is 18.4 Å². The van der Waals surface area contributed by atoms with Crippen LogP contribution >= 0.6 is 0 Å². The number of anilines is 1. The van der Waals surface area contributed by atoms with Gasteiger partial charge in [0.05, 0.1) is 41.6 Å². The molecule has 1 saturated heterocycles. The van der Waals surface area contributed by atoms with Crippen LogP contribution < -0.4 is 22.0 Å². The number of allylic oxidation sites excluding steroid dienone is 1. The molecule has 2 aromatic heterocycles. The van der Waals surface area contributed by atoms with Gasteiger partial charge in [0.2, 0.25) is 0 Å². The number of hydrogen-bond acceptors (Lipinski definition) is 6. The molecule has 2 aromatic rings. The molecule has 0 aromatic carbocycles. The molecule has 0 spiro atoms. The van der Waals surface area contributed by atoms with Crippen LogP contribution in [0.4, 0.5) is 14.5 Å². The predicted molar refractivity (Wildman–Crippen MR) is 130 cm³/mol. The zero-order valence-electron chi connectivity index (χ0n) is 19.9. The minimum atomic E-state index is -2.70. The van der Waals surface area contributed by atoms with E-state index in [4.69, 9.17) is 16.6 Å². The van der Waals surface area contributed by atoms with Gasteiger partial charge in [-0.3, -0.25) is 4.79 Å². The van der Waals surface area contributed by atoms with E-state index >= 15 is 0 Å². The number of halogens is 2. The van der Waals surface area contributed by atoms with Crippen molar-refractivity contribution in [3.63, 3.8) is 0 Å². The van der Waals surface area contributed by atoms with Gasteiger partial charge in [0.25, 0.3) is 11.5 Å². The van der Waals surface area contributed by atoms with E-state index in [2.05, 4.69) is 0 Å². The number of likely N-dealkylation sites (N-methyl/N-ethyl adjacent to an activating group) is 1. The Labute approximate surface area is 199 Å². The van der Waals surface area contributed by atoms with Gasteiger partial charge in [-0.2, -0.15) is 0 Å². The lowest BCUT2D eigenvalue weighted by atomic mass is 9.81. The maximum Gasteiger partial charge on any atom is 0.265 e. The van der Waals surface area contributed by atoms with Crippen molar-refractivity contribution in [1.82, 2.24) is 14.6 Å². The molecule has 4 N–H and O–H groups in total. The first-order valence-electron chi connectivity index (χ1n) is 12.0. The first-order chi connectivity index (χ1) is 16.2. The molecule has 4 rings (SSSR count). The number of pyridine rings is 2. The van der Waals surface area contributed by atoms with Crippen LogP contribution in [0.1, 0.15) is 61.9 Å². The van der Waals surface area contributed by atoms with Gasteiger partial charge in [-0.15, -0.1) is 0 Å². The predicted octanol–water partition coefficient (Wildman–Crippen LogP) is 3.44. The zero-order valence-corrected chi connectivity index (χ0v) is 19.9. The van der Waals surface area contributed by atoms with E-state index in [-0.39, 0.29) is 25.1 Å². The summed E-state index contributed by atoms with van der Waals surface area (Å²) in [5, 5.41) is 1.41. The molecule has 184 valence electrons. The van der Waals surface area contributed by atoms with Crippen LogP contribution in [0.2, 0.25) is 0 Å². The van der Waals surface area contributed by atoms with Crippen molar-refractivity contribution in [1.29, 1.82) is 0 Å². The average Bonchev–Trinajstić information content (AvgIpc) is 2.76. The summed E-state index contributed by atoms with van der Waals surface area (Å²) < 4.78 is 29.6. The molecule has 0 radical (unpaired) electrons. The fourth-order valence-electron chi connectivity index (χ4n) is 4.72. The van der Waals surface area contributed by atoms with Crippen LogP contribution in [0.25, 0.3) is 5.70 Å². The number of alkyl halides is 2. The summed E-state index contributed by atoms with van der Waals surface area (Å²) in [5.41, 5.74) is 10.4. The molecule has 0 bridgehead atoms. The number of rotatable bonds is 7. The van der Waals surface area contributed by atoms with Crippen LogP contribution in [-0.2, 0) is 13.0 Å². The smallest absolute Gasteiger partial charge is 0.265 e. The summed E-state index contributed by atoms with van der Waals surface area (Å²) in [4.78, 5) is 19.0. The first-order valence-corrected chi connectivity index (χ1v) is 12.0. The van der Waals surface area contributed by atoms with Crippen LogP contribution in [-0.4, -0.2) is 40.6 Å². The van der Waals surface area contributed by atoms with Crippen molar-refractivity contribution < 1.29 is 8.78 Å². The van der Waals surface area contributed by atoms with E-state index in [1.165, 1.54) is 11.4 Å². The highest BCUT2D eigenvalue weighted by molar-refractivity contribution is 5.65. The monoisotopic (exact) mass is 472 g/mol. The molecule has 0 unspecified atom stereocenters. The van der Waals surface area contributed by atoms with Gasteiger partial charge in [-0.25, -0.2) is 19.6 Å². The van der Waals surface area contributed by atoms with Gasteiger partial charge in [0.15, 0.2) is 0 Å². The van der Waals surface area contributed by atoms with E-state index in [9.17, 15) is 13.6 Å². The second kappa shape index (κ2) is 9.74. The lowest BCUT2D eigenvalue weighted by Crippen LogP contribution is -2.43. The van der Waals surface area contributed by atoms with Gasteiger partial charge in [0.1, 0.15) is 0 Å². The Hall–Kier alpha value is -2.94. The van der Waals surface area contributed by atoms with E-state index in [0.29, 0.717) is 53.8 Å². The molecule has 2 aliphatic rings. The first kappa shape index (κ1) is 24.2. The molecule has 0 atom stereocenters. The number of hydrogen-bond donors (Lipinski definition) is 2. The van der Waals surface area contributed by atoms with Gasteiger partial charge < -0.3 is 20.2 Å². The minimum Gasteiger partial charge on any atom is -0.395 e. The molecular formula is C25H34F2N6O. The number of aryl methyl sites for hydroxylation is 1. The van der Waals surface area contributed by atoms with Gasteiger partial charge >= 0.3 is 0 Å². The van der Waals surface area contributed by atoms with Crippen molar-refractivity contribution in [3.8, 4) is 0 Å². The summed E-state index contributed by atoms with van der Waals surface area (Å²) in [5.74, 6) is 3.92. The van der Waals surface area contributed by atoms with Gasteiger partial charge in [0, 0.05) is 32.3 Å². The Morgan fingerprint density at radius 3 is 2.62 bits per heavy atom. The molecule has 0 amide bonds. The molecule has 1 aliphatic heterocycles. The Morgan fingerprint density at radius 1 is 1.24 bits per heavy atom. The molecule has 7 nitrogen and oxygen atoms in total. The third-order valence-electron chi connectivity index (χ3n) is 6.93.